The van der Waals surface area contributed by atoms with Gasteiger partial charge >= 0.3 is 0 Å². The van der Waals surface area contributed by atoms with Crippen LogP contribution >= 0.6 is 23.4 Å². The van der Waals surface area contributed by atoms with Gasteiger partial charge in [-0.05, 0) is 60.5 Å². The first-order chi connectivity index (χ1) is 16.4. The summed E-state index contributed by atoms with van der Waals surface area (Å²) in [7, 11) is 0. The fourth-order valence-corrected chi connectivity index (χ4v) is 4.91. The Morgan fingerprint density at radius 1 is 1.09 bits per heavy atom. The second-order valence-corrected chi connectivity index (χ2v) is 9.13. The number of rotatable bonds is 5. The van der Waals surface area contributed by atoms with E-state index in [1.54, 1.807) is 42.5 Å². The number of para-hydroxylation sites is 1. The Balaban J connectivity index is 1.50. The van der Waals surface area contributed by atoms with Gasteiger partial charge in [0, 0.05) is 17.7 Å². The van der Waals surface area contributed by atoms with Crippen molar-refractivity contribution < 1.29 is 14.0 Å². The number of Topliss-reactive ketones (excluding diaryl/α,β-unsaturated/α-hetero) is 1. The van der Waals surface area contributed by atoms with Crippen LogP contribution in [0, 0.1) is 5.82 Å². The summed E-state index contributed by atoms with van der Waals surface area (Å²) in [5.74, 6) is -0.746. The minimum Gasteiger partial charge on any atom is -0.326 e. The quantitative estimate of drug-likeness (QED) is 0.239. The Hall–Kier alpha value is -3.49. The number of thioether (sulfide) groups is 1. The van der Waals surface area contributed by atoms with Gasteiger partial charge in [-0.1, -0.05) is 35.5 Å². The summed E-state index contributed by atoms with van der Waals surface area (Å²) in [4.78, 5) is 42.4. The first-order valence-electron chi connectivity index (χ1n) is 10.5. The molecule has 6 nitrogen and oxygen atoms in total. The molecular weight excluding hydrogens is 477 g/mol. The van der Waals surface area contributed by atoms with E-state index in [-0.39, 0.29) is 28.0 Å². The van der Waals surface area contributed by atoms with E-state index >= 15 is 0 Å². The van der Waals surface area contributed by atoms with Gasteiger partial charge in [-0.3, -0.25) is 19.0 Å². The molecule has 2 heterocycles. The normalized spacial score (nSPS) is 12.9. The standard InChI is InChI=1S/C25H17ClFN3O3S/c26-18-12-16(7-8-19(18)27)30-24(33)17-3-1-2-4-21(17)29-25(30)34-13-22(31)15-5-9-20-14(11-15)6-10-23(32)28-20/h1-5,7-9,11-12H,6,10,13H2,(H,28,32). The molecule has 1 amide bonds. The Bertz CT molecular complexity index is 1540. The van der Waals surface area contributed by atoms with Crippen LogP contribution in [-0.4, -0.2) is 27.0 Å². The number of nitrogens with one attached hydrogen (secondary N) is 1. The third-order valence-corrected chi connectivity index (χ3v) is 6.79. The second kappa shape index (κ2) is 9.04. The predicted molar refractivity (Wildman–Crippen MR) is 131 cm³/mol. The summed E-state index contributed by atoms with van der Waals surface area (Å²) < 4.78 is 15.1. The third-order valence-electron chi connectivity index (χ3n) is 5.56. The number of halogens is 2. The molecule has 0 unspecified atom stereocenters. The van der Waals surface area contributed by atoms with Gasteiger partial charge in [-0.2, -0.15) is 0 Å². The van der Waals surface area contributed by atoms with Crippen molar-refractivity contribution in [2.24, 2.45) is 0 Å². The summed E-state index contributed by atoms with van der Waals surface area (Å²) >= 11 is 7.08. The van der Waals surface area contributed by atoms with E-state index in [9.17, 15) is 18.8 Å². The molecule has 0 bridgehead atoms. The van der Waals surface area contributed by atoms with Crippen LogP contribution in [0.5, 0.6) is 0 Å². The monoisotopic (exact) mass is 493 g/mol. The zero-order chi connectivity index (χ0) is 23.8. The molecular formula is C25H17ClFN3O3S. The number of aromatic nitrogens is 2. The molecule has 34 heavy (non-hydrogen) atoms. The molecule has 1 aliphatic rings. The minimum atomic E-state index is -0.597. The zero-order valence-corrected chi connectivity index (χ0v) is 19.3. The molecule has 4 aromatic rings. The van der Waals surface area contributed by atoms with Crippen LogP contribution in [0.3, 0.4) is 0 Å². The van der Waals surface area contributed by atoms with Crippen LogP contribution in [0.4, 0.5) is 10.1 Å². The largest absolute Gasteiger partial charge is 0.326 e. The summed E-state index contributed by atoms with van der Waals surface area (Å²) in [6.07, 6.45) is 0.958. The zero-order valence-electron chi connectivity index (χ0n) is 17.7. The van der Waals surface area contributed by atoms with Crippen molar-refractivity contribution in [1.29, 1.82) is 0 Å². The molecule has 0 saturated heterocycles. The molecule has 9 heteroatoms. The number of carbonyl (C=O) groups is 2. The van der Waals surface area contributed by atoms with Gasteiger partial charge < -0.3 is 5.32 Å². The number of carbonyl (C=O) groups excluding carboxylic acids is 2. The Kier molecular flexibility index (Phi) is 5.93. The first kappa shape index (κ1) is 22.3. The van der Waals surface area contributed by atoms with Crippen molar-refractivity contribution in [1.82, 2.24) is 9.55 Å². The lowest BCUT2D eigenvalue weighted by Crippen LogP contribution is -2.22. The van der Waals surface area contributed by atoms with Crippen molar-refractivity contribution in [3.8, 4) is 5.69 Å². The molecule has 1 aliphatic heterocycles. The van der Waals surface area contributed by atoms with Gasteiger partial charge in [0.15, 0.2) is 10.9 Å². The maximum atomic E-state index is 13.7. The highest BCUT2D eigenvalue weighted by Gasteiger charge is 2.19. The molecule has 0 saturated carbocycles. The number of anilines is 1. The van der Waals surface area contributed by atoms with Crippen molar-refractivity contribution in [2.45, 2.75) is 18.0 Å². The number of fused-ring (bicyclic) bond motifs is 2. The minimum absolute atomic E-state index is 0.0326. The third kappa shape index (κ3) is 4.22. The highest BCUT2D eigenvalue weighted by atomic mass is 35.5. The van der Waals surface area contributed by atoms with Crippen molar-refractivity contribution in [3.05, 3.63) is 93.0 Å². The van der Waals surface area contributed by atoms with E-state index in [1.165, 1.54) is 22.8 Å². The van der Waals surface area contributed by atoms with Crippen molar-refractivity contribution in [3.63, 3.8) is 0 Å². The van der Waals surface area contributed by atoms with Crippen LogP contribution < -0.4 is 10.9 Å². The molecule has 0 fully saturated rings. The summed E-state index contributed by atoms with van der Waals surface area (Å²) in [6.45, 7) is 0. The number of aryl methyl sites for hydroxylation is 1. The molecule has 0 aliphatic carbocycles. The Morgan fingerprint density at radius 2 is 1.91 bits per heavy atom. The van der Waals surface area contributed by atoms with Crippen LogP contribution in [0.1, 0.15) is 22.3 Å². The molecule has 0 radical (unpaired) electrons. The van der Waals surface area contributed by atoms with Crippen molar-refractivity contribution >= 4 is 51.6 Å². The first-order valence-corrected chi connectivity index (χ1v) is 11.8. The number of benzene rings is 3. The lowest BCUT2D eigenvalue weighted by Gasteiger charge is -2.17. The van der Waals surface area contributed by atoms with Crippen molar-refractivity contribution in [2.75, 3.05) is 11.1 Å². The fourth-order valence-electron chi connectivity index (χ4n) is 3.83. The number of ketones is 1. The van der Waals surface area contributed by atoms with E-state index in [1.807, 2.05) is 0 Å². The average molecular weight is 494 g/mol. The molecule has 170 valence electrons. The van der Waals surface area contributed by atoms with Crippen LogP contribution in [-0.2, 0) is 11.2 Å². The summed E-state index contributed by atoms with van der Waals surface area (Å²) in [6, 6.07) is 16.1. The van der Waals surface area contributed by atoms with E-state index < -0.39 is 5.82 Å². The van der Waals surface area contributed by atoms with Gasteiger partial charge in [0.2, 0.25) is 5.91 Å². The maximum absolute atomic E-state index is 13.7. The summed E-state index contributed by atoms with van der Waals surface area (Å²) in [5.41, 5.74) is 2.66. The molecule has 5 rings (SSSR count). The SMILES string of the molecule is O=C1CCc2cc(C(=O)CSc3nc4ccccc4c(=O)n3-c3ccc(F)c(Cl)c3)ccc2N1. The smallest absolute Gasteiger partial charge is 0.266 e. The second-order valence-electron chi connectivity index (χ2n) is 7.78. The molecule has 0 spiro atoms. The number of hydrogen-bond acceptors (Lipinski definition) is 5. The van der Waals surface area contributed by atoms with Gasteiger partial charge in [-0.25, -0.2) is 9.37 Å². The predicted octanol–water partition coefficient (Wildman–Crippen LogP) is 5.04. The average Bonchev–Trinajstić information content (AvgIpc) is 2.84. The van der Waals surface area contributed by atoms with E-state index in [2.05, 4.69) is 10.3 Å². The van der Waals surface area contributed by atoms with Crippen LogP contribution in [0.2, 0.25) is 5.02 Å². The van der Waals surface area contributed by atoms with E-state index in [0.29, 0.717) is 40.2 Å². The van der Waals surface area contributed by atoms with Gasteiger partial charge in [-0.15, -0.1) is 0 Å². The molecule has 0 atom stereocenters. The van der Waals surface area contributed by atoms with Gasteiger partial charge in [0.05, 0.1) is 27.4 Å². The maximum Gasteiger partial charge on any atom is 0.266 e. The molecule has 3 aromatic carbocycles. The number of nitrogens with zero attached hydrogens (tertiary/aromatic N) is 2. The number of amides is 1. The Labute approximate surface area is 202 Å². The lowest BCUT2D eigenvalue weighted by molar-refractivity contribution is -0.116. The Morgan fingerprint density at radius 3 is 2.74 bits per heavy atom. The topological polar surface area (TPSA) is 81.1 Å². The lowest BCUT2D eigenvalue weighted by atomic mass is 9.99. The fraction of sp³-hybridized carbons (Fsp3) is 0.120. The summed E-state index contributed by atoms with van der Waals surface area (Å²) in [5, 5.41) is 3.38. The van der Waals surface area contributed by atoms with Gasteiger partial charge in [0.1, 0.15) is 5.82 Å². The van der Waals surface area contributed by atoms with E-state index in [0.717, 1.165) is 23.0 Å². The number of hydrogen-bond donors (Lipinski definition) is 1. The molecule has 1 N–H and O–H groups in total. The highest BCUT2D eigenvalue weighted by molar-refractivity contribution is 7.99. The van der Waals surface area contributed by atoms with Crippen LogP contribution in [0.15, 0.2) is 70.6 Å². The van der Waals surface area contributed by atoms with Gasteiger partial charge in [0.25, 0.3) is 5.56 Å². The van der Waals surface area contributed by atoms with Crippen LogP contribution in [0.25, 0.3) is 16.6 Å². The molecule has 1 aromatic heterocycles. The van der Waals surface area contributed by atoms with E-state index in [4.69, 9.17) is 11.6 Å². The highest BCUT2D eigenvalue weighted by Crippen LogP contribution is 2.27.